The molecule has 0 aliphatic heterocycles. The van der Waals surface area contributed by atoms with Crippen LogP contribution >= 0.6 is 15.9 Å². The number of halogens is 1. The van der Waals surface area contributed by atoms with Crippen LogP contribution < -0.4 is 5.73 Å². The second-order valence-electron chi connectivity index (χ2n) is 2.56. The predicted molar refractivity (Wildman–Crippen MR) is 52.5 cm³/mol. The maximum atomic E-state index is 10.4. The van der Waals surface area contributed by atoms with E-state index in [2.05, 4.69) is 22.0 Å². The van der Waals surface area contributed by atoms with E-state index >= 15 is 0 Å². The van der Waals surface area contributed by atoms with Crippen molar-refractivity contribution >= 4 is 21.6 Å². The lowest BCUT2D eigenvalue weighted by Crippen LogP contribution is -2.13. The van der Waals surface area contributed by atoms with E-state index in [0.717, 1.165) is 5.56 Å². The number of nitro groups is 1. The first-order chi connectivity index (χ1) is 6.09. The summed E-state index contributed by atoms with van der Waals surface area (Å²) in [6.45, 7) is 0. The van der Waals surface area contributed by atoms with Crippen molar-refractivity contribution in [3.63, 3.8) is 0 Å². The highest BCUT2D eigenvalue weighted by Gasteiger charge is 2.07. The van der Waals surface area contributed by atoms with Crippen LogP contribution in [0.4, 0.5) is 5.69 Å². The van der Waals surface area contributed by atoms with E-state index in [0.29, 0.717) is 6.42 Å². The number of benzene rings is 1. The molecule has 1 atom stereocenters. The van der Waals surface area contributed by atoms with Gasteiger partial charge in [0.05, 0.1) is 15.9 Å². The normalized spacial score (nSPS) is 12.5. The number of nitrogens with two attached hydrogens (primary N) is 1. The minimum Gasteiger partial charge on any atom is -0.319 e. The van der Waals surface area contributed by atoms with Crippen LogP contribution in [0.2, 0.25) is 0 Å². The monoisotopic (exact) mass is 243 g/mol. The Labute approximate surface area is 84.0 Å². The molecule has 0 aromatic heterocycles. The van der Waals surface area contributed by atoms with E-state index in [9.17, 15) is 10.1 Å². The van der Waals surface area contributed by atoms with Gasteiger partial charge in [0, 0.05) is 6.07 Å². The first kappa shape index (κ1) is 10.1. The molecule has 0 saturated carbocycles. The molecule has 0 bridgehead atoms. The molecule has 0 aliphatic rings. The largest absolute Gasteiger partial charge is 0.319 e. The van der Waals surface area contributed by atoms with Crippen LogP contribution in [0.5, 0.6) is 0 Å². The lowest BCUT2D eigenvalue weighted by atomic mass is 10.1. The molecular weight excluding hydrogens is 236 g/mol. The predicted octanol–water partition coefficient (Wildman–Crippen LogP) is 1.62. The molecule has 4 nitrogen and oxygen atoms in total. The van der Waals surface area contributed by atoms with E-state index in [1.54, 1.807) is 6.07 Å². The van der Waals surface area contributed by atoms with Gasteiger partial charge in [-0.25, -0.2) is 0 Å². The number of nitro benzene ring substituents is 1. The summed E-state index contributed by atoms with van der Waals surface area (Å²) < 4.78 is 0. The van der Waals surface area contributed by atoms with Crippen LogP contribution in [0.15, 0.2) is 18.2 Å². The van der Waals surface area contributed by atoms with Gasteiger partial charge in [-0.15, -0.1) is 0 Å². The van der Waals surface area contributed by atoms with Gasteiger partial charge in [-0.05, 0) is 18.1 Å². The van der Waals surface area contributed by atoms with Crippen molar-refractivity contribution in [2.45, 2.75) is 11.4 Å². The molecule has 0 saturated heterocycles. The molecule has 1 aromatic carbocycles. The highest BCUT2D eigenvalue weighted by Crippen LogP contribution is 2.14. The maximum absolute atomic E-state index is 10.4. The third-order valence-electron chi connectivity index (χ3n) is 1.48. The molecule has 0 amide bonds. The highest BCUT2D eigenvalue weighted by atomic mass is 79.9. The lowest BCUT2D eigenvalue weighted by molar-refractivity contribution is -0.385. The minimum atomic E-state index is -0.469. The first-order valence-electron chi connectivity index (χ1n) is 3.64. The zero-order valence-corrected chi connectivity index (χ0v) is 8.32. The SMILES string of the molecule is NC(Br)Cc1cc[c]c([N+](=O)[O-])c1. The molecule has 69 valence electrons. The Bertz CT molecular complexity index is 315. The summed E-state index contributed by atoms with van der Waals surface area (Å²) in [6, 6.07) is 7.29. The maximum Gasteiger partial charge on any atom is 0.277 e. The van der Waals surface area contributed by atoms with E-state index in [-0.39, 0.29) is 10.6 Å². The average molecular weight is 244 g/mol. The zero-order valence-electron chi connectivity index (χ0n) is 6.74. The Morgan fingerprint density at radius 3 is 3.00 bits per heavy atom. The fraction of sp³-hybridized carbons (Fsp3) is 0.250. The van der Waals surface area contributed by atoms with Crippen LogP contribution in [0.3, 0.4) is 0 Å². The number of alkyl halides is 1. The van der Waals surface area contributed by atoms with Gasteiger partial charge >= 0.3 is 0 Å². The van der Waals surface area contributed by atoms with Gasteiger partial charge in [-0.3, -0.25) is 10.1 Å². The Morgan fingerprint density at radius 2 is 2.46 bits per heavy atom. The van der Waals surface area contributed by atoms with E-state index < -0.39 is 4.92 Å². The summed E-state index contributed by atoms with van der Waals surface area (Å²) in [7, 11) is 0. The second kappa shape index (κ2) is 4.34. The molecule has 1 radical (unpaired) electrons. The summed E-state index contributed by atoms with van der Waals surface area (Å²) >= 11 is 3.17. The van der Waals surface area contributed by atoms with Crippen LogP contribution in [0.1, 0.15) is 5.56 Å². The molecule has 0 aliphatic carbocycles. The second-order valence-corrected chi connectivity index (χ2v) is 3.74. The van der Waals surface area contributed by atoms with Crippen LogP contribution in [0.25, 0.3) is 0 Å². The summed E-state index contributed by atoms with van der Waals surface area (Å²) in [5.74, 6) is 0. The smallest absolute Gasteiger partial charge is 0.277 e. The van der Waals surface area contributed by atoms with Crippen molar-refractivity contribution in [3.8, 4) is 0 Å². The van der Waals surface area contributed by atoms with Crippen molar-refractivity contribution in [2.75, 3.05) is 0 Å². The zero-order chi connectivity index (χ0) is 9.84. The Morgan fingerprint density at radius 1 is 1.77 bits per heavy atom. The van der Waals surface area contributed by atoms with Gasteiger partial charge in [0.2, 0.25) is 0 Å². The molecule has 1 aromatic rings. The quantitative estimate of drug-likeness (QED) is 0.380. The summed E-state index contributed by atoms with van der Waals surface area (Å²) in [5.41, 5.74) is 6.29. The number of rotatable bonds is 3. The Hall–Kier alpha value is -0.940. The molecule has 0 fully saturated rings. The molecule has 1 unspecified atom stereocenters. The van der Waals surface area contributed by atoms with Gasteiger partial charge in [-0.2, -0.15) is 0 Å². The average Bonchev–Trinajstić information content (AvgIpc) is 2.03. The van der Waals surface area contributed by atoms with Crippen molar-refractivity contribution in [1.29, 1.82) is 0 Å². The fourth-order valence-electron chi connectivity index (χ4n) is 0.957. The van der Waals surface area contributed by atoms with Crippen molar-refractivity contribution in [3.05, 3.63) is 39.9 Å². The topological polar surface area (TPSA) is 69.2 Å². The molecule has 0 heterocycles. The van der Waals surface area contributed by atoms with Crippen LogP contribution in [0, 0.1) is 16.2 Å². The van der Waals surface area contributed by atoms with Gasteiger partial charge in [0.25, 0.3) is 5.69 Å². The van der Waals surface area contributed by atoms with Crippen LogP contribution in [-0.2, 0) is 6.42 Å². The lowest BCUT2D eigenvalue weighted by Gasteiger charge is -2.02. The number of non-ortho nitro benzene ring substituents is 1. The van der Waals surface area contributed by atoms with E-state index in [4.69, 9.17) is 5.73 Å². The van der Waals surface area contributed by atoms with Gasteiger partial charge in [0.15, 0.2) is 0 Å². The standard InChI is InChI=1S/C8H8BrN2O2/c9-8(10)5-6-2-1-3-7(4-6)11(12)13/h1-2,4,8H,5,10H2. The molecule has 1 rings (SSSR count). The van der Waals surface area contributed by atoms with Gasteiger partial charge < -0.3 is 5.73 Å². The Balaban J connectivity index is 2.85. The molecule has 5 heteroatoms. The van der Waals surface area contributed by atoms with Gasteiger partial charge in [0.1, 0.15) is 0 Å². The number of hydrogen-bond acceptors (Lipinski definition) is 3. The highest BCUT2D eigenvalue weighted by molar-refractivity contribution is 9.09. The van der Waals surface area contributed by atoms with E-state index in [1.807, 2.05) is 0 Å². The van der Waals surface area contributed by atoms with E-state index in [1.165, 1.54) is 12.1 Å². The third kappa shape index (κ3) is 3.12. The van der Waals surface area contributed by atoms with Crippen molar-refractivity contribution < 1.29 is 4.92 Å². The molecular formula is C8H8BrN2O2. The van der Waals surface area contributed by atoms with Crippen molar-refractivity contribution in [2.24, 2.45) is 5.73 Å². The summed E-state index contributed by atoms with van der Waals surface area (Å²) in [5, 5.41) is 10.4. The molecule has 0 spiro atoms. The minimum absolute atomic E-state index is 0.0225. The summed E-state index contributed by atoms with van der Waals surface area (Å²) in [4.78, 5) is 9.73. The third-order valence-corrected chi connectivity index (χ3v) is 1.80. The summed E-state index contributed by atoms with van der Waals surface area (Å²) in [6.07, 6.45) is 0.565. The molecule has 13 heavy (non-hydrogen) atoms. The number of nitrogens with zero attached hydrogens (tertiary/aromatic N) is 1. The first-order valence-corrected chi connectivity index (χ1v) is 4.56. The number of hydrogen-bond donors (Lipinski definition) is 1. The van der Waals surface area contributed by atoms with Crippen LogP contribution in [-0.4, -0.2) is 9.87 Å². The van der Waals surface area contributed by atoms with Gasteiger partial charge in [-0.1, -0.05) is 22.0 Å². The fourth-order valence-corrected chi connectivity index (χ4v) is 1.33. The van der Waals surface area contributed by atoms with Crippen molar-refractivity contribution in [1.82, 2.24) is 0 Å². The molecule has 2 N–H and O–H groups in total. The Kier molecular flexibility index (Phi) is 3.39.